The number of halogens is 1. The van der Waals surface area contributed by atoms with Crippen LogP contribution in [0.2, 0.25) is 0 Å². The summed E-state index contributed by atoms with van der Waals surface area (Å²) in [6, 6.07) is 12.1. The normalized spacial score (nSPS) is 10.1. The highest BCUT2D eigenvalue weighted by Gasteiger charge is 1.97. The summed E-state index contributed by atoms with van der Waals surface area (Å²) >= 11 is 3.49. The Morgan fingerprint density at radius 3 is 2.71 bits per heavy atom. The molecular weight excluding hydrogens is 240 g/mol. The van der Waals surface area contributed by atoms with Crippen LogP contribution in [0, 0.1) is 0 Å². The Bertz CT molecular complexity index is 395. The number of benzene rings is 1. The first kappa shape index (κ1) is 9.34. The van der Waals surface area contributed by atoms with Gasteiger partial charge < -0.3 is 10.3 Å². The lowest BCUT2D eigenvalue weighted by molar-refractivity contribution is 1.07. The van der Waals surface area contributed by atoms with E-state index >= 15 is 0 Å². The zero-order chi connectivity index (χ0) is 9.80. The van der Waals surface area contributed by atoms with E-state index in [4.69, 9.17) is 0 Å². The minimum atomic E-state index is 0.815. The first-order chi connectivity index (χ1) is 6.86. The molecule has 1 aromatic heterocycles. The van der Waals surface area contributed by atoms with Gasteiger partial charge in [0.1, 0.15) is 0 Å². The van der Waals surface area contributed by atoms with E-state index in [9.17, 15) is 0 Å². The topological polar surface area (TPSA) is 27.8 Å². The average Bonchev–Trinajstić information content (AvgIpc) is 2.69. The fourth-order valence-electron chi connectivity index (χ4n) is 1.27. The molecule has 1 heterocycles. The van der Waals surface area contributed by atoms with Crippen LogP contribution in [0.5, 0.6) is 0 Å². The van der Waals surface area contributed by atoms with Crippen LogP contribution in [0.25, 0.3) is 0 Å². The van der Waals surface area contributed by atoms with Crippen LogP contribution >= 0.6 is 15.9 Å². The molecule has 0 fully saturated rings. The van der Waals surface area contributed by atoms with Crippen molar-refractivity contribution in [2.45, 2.75) is 6.54 Å². The van der Waals surface area contributed by atoms with E-state index < -0.39 is 0 Å². The minimum Gasteiger partial charge on any atom is -0.379 e. The van der Waals surface area contributed by atoms with Gasteiger partial charge in [-0.05, 0) is 40.2 Å². The molecule has 1 aromatic carbocycles. The van der Waals surface area contributed by atoms with Gasteiger partial charge in [-0.2, -0.15) is 0 Å². The van der Waals surface area contributed by atoms with E-state index in [1.165, 1.54) is 5.69 Å². The number of aromatic amines is 1. The largest absolute Gasteiger partial charge is 0.379 e. The Hall–Kier alpha value is -1.22. The molecule has 2 N–H and O–H groups in total. The van der Waals surface area contributed by atoms with E-state index in [2.05, 4.69) is 32.3 Å². The fraction of sp³-hybridized carbons (Fsp3) is 0.0909. The van der Waals surface area contributed by atoms with Crippen molar-refractivity contribution in [1.29, 1.82) is 0 Å². The lowest BCUT2D eigenvalue weighted by atomic mass is 10.3. The third-order valence-corrected chi connectivity index (χ3v) is 2.70. The van der Waals surface area contributed by atoms with Crippen molar-refractivity contribution in [3.05, 3.63) is 52.8 Å². The number of hydrogen-bond donors (Lipinski definition) is 2. The SMILES string of the molecule is Brc1ccccc1NCc1ccc[nH]1. The standard InChI is InChI=1S/C11H11BrN2/c12-10-5-1-2-6-11(10)14-8-9-4-3-7-13-9/h1-7,13-14H,8H2. The monoisotopic (exact) mass is 250 g/mol. The summed E-state index contributed by atoms with van der Waals surface area (Å²) in [5, 5.41) is 3.34. The summed E-state index contributed by atoms with van der Waals surface area (Å²) in [5.74, 6) is 0. The molecule has 0 unspecified atom stereocenters. The molecule has 0 aliphatic rings. The van der Waals surface area contributed by atoms with Crippen molar-refractivity contribution in [3.8, 4) is 0 Å². The van der Waals surface area contributed by atoms with Gasteiger partial charge in [0, 0.05) is 22.1 Å². The molecule has 0 saturated heterocycles. The maximum absolute atomic E-state index is 3.49. The Kier molecular flexibility index (Phi) is 2.89. The molecule has 3 heteroatoms. The molecule has 14 heavy (non-hydrogen) atoms. The molecule has 2 aromatic rings. The van der Waals surface area contributed by atoms with Gasteiger partial charge in [0.25, 0.3) is 0 Å². The van der Waals surface area contributed by atoms with E-state index in [1.807, 2.05) is 36.5 Å². The van der Waals surface area contributed by atoms with Gasteiger partial charge in [0.2, 0.25) is 0 Å². The van der Waals surface area contributed by atoms with Crippen molar-refractivity contribution >= 4 is 21.6 Å². The van der Waals surface area contributed by atoms with E-state index in [0.717, 1.165) is 16.7 Å². The second kappa shape index (κ2) is 4.33. The molecule has 72 valence electrons. The van der Waals surface area contributed by atoms with Gasteiger partial charge in [-0.1, -0.05) is 12.1 Å². The van der Waals surface area contributed by atoms with Gasteiger partial charge in [-0.3, -0.25) is 0 Å². The highest BCUT2D eigenvalue weighted by molar-refractivity contribution is 9.10. The smallest absolute Gasteiger partial charge is 0.0551 e. The van der Waals surface area contributed by atoms with Crippen molar-refractivity contribution in [2.75, 3.05) is 5.32 Å². The Morgan fingerprint density at radius 2 is 2.00 bits per heavy atom. The first-order valence-electron chi connectivity index (χ1n) is 4.47. The summed E-state index contributed by atoms with van der Waals surface area (Å²) in [5.41, 5.74) is 2.29. The minimum absolute atomic E-state index is 0.815. The van der Waals surface area contributed by atoms with Crippen LogP contribution in [0.3, 0.4) is 0 Å². The lowest BCUT2D eigenvalue weighted by Gasteiger charge is -2.06. The molecule has 0 atom stereocenters. The van der Waals surface area contributed by atoms with E-state index in [-0.39, 0.29) is 0 Å². The fourth-order valence-corrected chi connectivity index (χ4v) is 1.70. The van der Waals surface area contributed by atoms with Crippen molar-refractivity contribution < 1.29 is 0 Å². The number of hydrogen-bond acceptors (Lipinski definition) is 1. The molecule has 2 rings (SSSR count). The third kappa shape index (κ3) is 2.17. The Balaban J connectivity index is 2.02. The van der Waals surface area contributed by atoms with Crippen molar-refractivity contribution in [2.24, 2.45) is 0 Å². The van der Waals surface area contributed by atoms with Crippen LogP contribution in [-0.2, 0) is 6.54 Å². The second-order valence-electron chi connectivity index (χ2n) is 3.03. The molecule has 0 bridgehead atoms. The summed E-state index contributed by atoms with van der Waals surface area (Å²) in [6.07, 6.45) is 1.93. The molecule has 0 radical (unpaired) electrons. The molecular formula is C11H11BrN2. The van der Waals surface area contributed by atoms with Gasteiger partial charge in [0.05, 0.1) is 6.54 Å². The Labute approximate surface area is 91.5 Å². The van der Waals surface area contributed by atoms with E-state index in [0.29, 0.717) is 0 Å². The number of para-hydroxylation sites is 1. The number of aromatic nitrogens is 1. The molecule has 0 aliphatic heterocycles. The highest BCUT2D eigenvalue weighted by Crippen LogP contribution is 2.21. The molecule has 0 saturated carbocycles. The summed E-state index contributed by atoms with van der Waals surface area (Å²) in [7, 11) is 0. The van der Waals surface area contributed by atoms with Gasteiger partial charge in [-0.25, -0.2) is 0 Å². The molecule has 2 nitrogen and oxygen atoms in total. The summed E-state index contributed by atoms with van der Waals surface area (Å²) < 4.78 is 1.09. The van der Waals surface area contributed by atoms with Crippen LogP contribution in [0.1, 0.15) is 5.69 Å². The summed E-state index contributed by atoms with van der Waals surface area (Å²) in [6.45, 7) is 0.815. The number of rotatable bonds is 3. The zero-order valence-electron chi connectivity index (χ0n) is 7.63. The lowest BCUT2D eigenvalue weighted by Crippen LogP contribution is -1.99. The van der Waals surface area contributed by atoms with Crippen LogP contribution in [-0.4, -0.2) is 4.98 Å². The summed E-state index contributed by atoms with van der Waals surface area (Å²) in [4.78, 5) is 3.15. The molecule has 0 aliphatic carbocycles. The third-order valence-electron chi connectivity index (χ3n) is 2.01. The molecule has 0 spiro atoms. The van der Waals surface area contributed by atoms with Gasteiger partial charge in [-0.15, -0.1) is 0 Å². The second-order valence-corrected chi connectivity index (χ2v) is 3.88. The molecule has 0 amide bonds. The average molecular weight is 251 g/mol. The van der Waals surface area contributed by atoms with Gasteiger partial charge >= 0.3 is 0 Å². The van der Waals surface area contributed by atoms with Gasteiger partial charge in [0.15, 0.2) is 0 Å². The predicted octanol–water partition coefficient (Wildman–Crippen LogP) is 3.39. The predicted molar refractivity (Wildman–Crippen MR) is 62.3 cm³/mol. The van der Waals surface area contributed by atoms with E-state index in [1.54, 1.807) is 0 Å². The number of H-pyrrole nitrogens is 1. The first-order valence-corrected chi connectivity index (χ1v) is 5.26. The Morgan fingerprint density at radius 1 is 1.14 bits per heavy atom. The van der Waals surface area contributed by atoms with Crippen molar-refractivity contribution in [3.63, 3.8) is 0 Å². The van der Waals surface area contributed by atoms with Crippen molar-refractivity contribution in [1.82, 2.24) is 4.98 Å². The van der Waals surface area contributed by atoms with Crippen LogP contribution in [0.4, 0.5) is 5.69 Å². The number of nitrogens with one attached hydrogen (secondary N) is 2. The van der Waals surface area contributed by atoms with Crippen LogP contribution in [0.15, 0.2) is 47.1 Å². The maximum Gasteiger partial charge on any atom is 0.0551 e. The zero-order valence-corrected chi connectivity index (χ0v) is 9.21. The number of anilines is 1. The maximum atomic E-state index is 3.49. The quantitative estimate of drug-likeness (QED) is 0.859. The van der Waals surface area contributed by atoms with Crippen LogP contribution < -0.4 is 5.32 Å². The highest BCUT2D eigenvalue weighted by atomic mass is 79.9.